The molecule has 1 aromatic heterocycles. The van der Waals surface area contributed by atoms with Gasteiger partial charge in [-0.2, -0.15) is 0 Å². The van der Waals surface area contributed by atoms with E-state index in [1.807, 2.05) is 31.2 Å². The summed E-state index contributed by atoms with van der Waals surface area (Å²) in [5, 5.41) is 13.3. The lowest BCUT2D eigenvalue weighted by Gasteiger charge is -2.43. The molecule has 2 aliphatic heterocycles. The molecule has 10 heteroatoms. The third kappa shape index (κ3) is 4.86. The third-order valence-corrected chi connectivity index (χ3v) is 13.6. The molecule has 0 radical (unpaired) electrons. The van der Waals surface area contributed by atoms with Crippen molar-refractivity contribution in [2.45, 2.75) is 62.3 Å². The van der Waals surface area contributed by atoms with Gasteiger partial charge in [0.05, 0.1) is 22.5 Å². The standard InChI is InChI=1S/C38H37N3O5S2/c1-19-5-13-23(14-6-19)41-34(44)30-25-17-26(31(30)35(41)45)32-29(25)28(20-7-9-21(10-8-20)38(2,3)4)33-36(47-32)40(37(46)48-33)18-27(43)39-22-11-15-24(42)16-12-22/h5-16,25-26,28-32,42H,17-18H2,1-4H3,(H,39,43). The Bertz CT molecular complexity index is 2010. The van der Waals surface area contributed by atoms with Crippen molar-refractivity contribution in [2.24, 2.45) is 29.6 Å². The maximum absolute atomic E-state index is 14.1. The average Bonchev–Trinajstić information content (AvgIpc) is 3.77. The minimum Gasteiger partial charge on any atom is -0.508 e. The van der Waals surface area contributed by atoms with E-state index < -0.39 is 0 Å². The van der Waals surface area contributed by atoms with E-state index in [0.717, 1.165) is 27.5 Å². The number of amides is 3. The Balaban J connectivity index is 1.18. The molecule has 2 aliphatic carbocycles. The van der Waals surface area contributed by atoms with E-state index in [4.69, 9.17) is 0 Å². The molecule has 4 aromatic rings. The topological polar surface area (TPSA) is 109 Å². The Morgan fingerprint density at radius 3 is 2.19 bits per heavy atom. The summed E-state index contributed by atoms with van der Waals surface area (Å²) in [6.07, 6.45) is 0.800. The van der Waals surface area contributed by atoms with Gasteiger partial charge in [-0.15, -0.1) is 11.8 Å². The summed E-state index contributed by atoms with van der Waals surface area (Å²) >= 11 is 2.82. The van der Waals surface area contributed by atoms with Gasteiger partial charge in [-0.05, 0) is 84.0 Å². The van der Waals surface area contributed by atoms with Crippen LogP contribution in [0.3, 0.4) is 0 Å². The highest BCUT2D eigenvalue weighted by Crippen LogP contribution is 2.69. The lowest BCUT2D eigenvalue weighted by Crippen LogP contribution is -2.43. The molecule has 3 aromatic carbocycles. The van der Waals surface area contributed by atoms with Gasteiger partial charge in [0.1, 0.15) is 12.3 Å². The maximum Gasteiger partial charge on any atom is 0.308 e. The van der Waals surface area contributed by atoms with Crippen LogP contribution in [0.1, 0.15) is 54.7 Å². The number of anilines is 2. The van der Waals surface area contributed by atoms with E-state index in [-0.39, 0.29) is 81.1 Å². The molecule has 48 heavy (non-hydrogen) atoms. The van der Waals surface area contributed by atoms with Gasteiger partial charge in [0.25, 0.3) is 0 Å². The lowest BCUT2D eigenvalue weighted by atomic mass is 9.68. The Labute approximate surface area is 287 Å². The van der Waals surface area contributed by atoms with Crippen molar-refractivity contribution in [1.82, 2.24) is 4.57 Å². The van der Waals surface area contributed by atoms with Crippen LogP contribution in [0.2, 0.25) is 0 Å². The molecule has 246 valence electrons. The Kier molecular flexibility index (Phi) is 7.27. The maximum atomic E-state index is 14.1. The van der Waals surface area contributed by atoms with E-state index in [1.54, 1.807) is 28.5 Å². The van der Waals surface area contributed by atoms with Crippen molar-refractivity contribution in [3.63, 3.8) is 0 Å². The summed E-state index contributed by atoms with van der Waals surface area (Å²) in [5.41, 5.74) is 4.50. The number of imide groups is 1. The van der Waals surface area contributed by atoms with Crippen LogP contribution in [-0.4, -0.2) is 32.6 Å². The highest BCUT2D eigenvalue weighted by atomic mass is 32.2. The fraction of sp³-hybridized carbons (Fsp3) is 0.368. The molecule has 0 spiro atoms. The number of benzene rings is 3. The minimum atomic E-state index is -0.389. The van der Waals surface area contributed by atoms with Crippen LogP contribution < -0.4 is 15.1 Å². The predicted molar refractivity (Wildman–Crippen MR) is 188 cm³/mol. The quantitative estimate of drug-likeness (QED) is 0.183. The number of hydrogen-bond acceptors (Lipinski definition) is 7. The third-order valence-electron chi connectivity index (χ3n) is 10.8. The zero-order chi connectivity index (χ0) is 33.6. The summed E-state index contributed by atoms with van der Waals surface area (Å²) in [6, 6.07) is 22.4. The number of carbonyl (C=O) groups is 3. The van der Waals surface area contributed by atoms with Crippen molar-refractivity contribution in [1.29, 1.82) is 0 Å². The van der Waals surface area contributed by atoms with Gasteiger partial charge in [-0.25, -0.2) is 0 Å². The number of thiazole rings is 1. The van der Waals surface area contributed by atoms with E-state index >= 15 is 0 Å². The number of nitrogens with zero attached hydrogens (tertiary/aromatic N) is 2. The van der Waals surface area contributed by atoms with Crippen molar-refractivity contribution in [3.05, 3.63) is 104 Å². The van der Waals surface area contributed by atoms with Gasteiger partial charge in [0.15, 0.2) is 0 Å². The number of aryl methyl sites for hydroxylation is 1. The van der Waals surface area contributed by atoms with Crippen LogP contribution in [0, 0.1) is 36.5 Å². The van der Waals surface area contributed by atoms with Gasteiger partial charge in [0, 0.05) is 21.7 Å². The highest BCUT2D eigenvalue weighted by Gasteiger charge is 2.69. The molecule has 1 saturated heterocycles. The number of aromatic hydroxyl groups is 1. The number of carbonyl (C=O) groups excluding carboxylic acids is 3. The number of thioether (sulfide) groups is 1. The average molecular weight is 680 g/mol. The summed E-state index contributed by atoms with van der Waals surface area (Å²) in [5.74, 6) is -1.29. The summed E-state index contributed by atoms with van der Waals surface area (Å²) in [7, 11) is 0. The number of fused-ring (bicyclic) bond motifs is 9. The molecule has 2 N–H and O–H groups in total. The summed E-state index contributed by atoms with van der Waals surface area (Å²) < 4.78 is 1.58. The van der Waals surface area contributed by atoms with Gasteiger partial charge in [-0.3, -0.25) is 28.6 Å². The number of aromatic nitrogens is 1. The molecule has 8 nitrogen and oxygen atoms in total. The van der Waals surface area contributed by atoms with Crippen molar-refractivity contribution < 1.29 is 19.5 Å². The Hall–Kier alpha value is -4.15. The largest absolute Gasteiger partial charge is 0.508 e. The van der Waals surface area contributed by atoms with E-state index in [2.05, 4.69) is 50.4 Å². The van der Waals surface area contributed by atoms with Crippen molar-refractivity contribution >= 4 is 52.2 Å². The Morgan fingerprint density at radius 1 is 0.896 bits per heavy atom. The molecule has 3 heterocycles. The smallest absolute Gasteiger partial charge is 0.308 e. The molecule has 4 aliphatic rings. The molecule has 3 fully saturated rings. The van der Waals surface area contributed by atoms with Crippen LogP contribution in [0.25, 0.3) is 0 Å². The predicted octanol–water partition coefficient (Wildman–Crippen LogP) is 6.54. The minimum absolute atomic E-state index is 0.00767. The van der Waals surface area contributed by atoms with Gasteiger partial charge in [-0.1, -0.05) is 74.1 Å². The SMILES string of the molecule is Cc1ccc(N2C(=O)C3C4CC(C3C2=O)C2C(c3ccc(C(C)(C)C)cc3)c3sc(=O)n(CC(=O)Nc5ccc(O)cc5)c3SC42)cc1. The van der Waals surface area contributed by atoms with Crippen LogP contribution in [-0.2, 0) is 26.3 Å². The highest BCUT2D eigenvalue weighted by molar-refractivity contribution is 8.00. The number of phenols is 1. The van der Waals surface area contributed by atoms with E-state index in [9.17, 15) is 24.3 Å². The number of rotatable bonds is 5. The van der Waals surface area contributed by atoms with Crippen molar-refractivity contribution in [2.75, 3.05) is 10.2 Å². The normalized spacial score (nSPS) is 27.2. The molecule has 7 unspecified atom stereocenters. The molecular weight excluding hydrogens is 643 g/mol. The lowest BCUT2D eigenvalue weighted by molar-refractivity contribution is -0.123. The Morgan fingerprint density at radius 2 is 1.54 bits per heavy atom. The molecule has 7 atom stereocenters. The van der Waals surface area contributed by atoms with Gasteiger partial charge < -0.3 is 10.4 Å². The second-order valence-corrected chi connectivity index (χ2v) is 16.9. The van der Waals surface area contributed by atoms with Gasteiger partial charge >= 0.3 is 4.87 Å². The fourth-order valence-electron chi connectivity index (χ4n) is 8.66. The molecule has 8 rings (SSSR count). The van der Waals surface area contributed by atoms with Crippen LogP contribution in [0.4, 0.5) is 11.4 Å². The number of phenolic OH excluding ortho intramolecular Hbond substituents is 1. The first-order valence-corrected chi connectivity index (χ1v) is 18.1. The number of nitrogens with one attached hydrogen (secondary N) is 1. The first-order chi connectivity index (χ1) is 22.9. The number of hydrogen-bond donors (Lipinski definition) is 2. The summed E-state index contributed by atoms with van der Waals surface area (Å²) in [4.78, 5) is 57.2. The fourth-order valence-corrected chi connectivity index (χ4v) is 11.8. The van der Waals surface area contributed by atoms with Crippen LogP contribution >= 0.6 is 23.1 Å². The summed E-state index contributed by atoms with van der Waals surface area (Å²) in [6.45, 7) is 8.38. The zero-order valence-electron chi connectivity index (χ0n) is 27.2. The molecule has 2 saturated carbocycles. The molecule has 2 bridgehead atoms. The van der Waals surface area contributed by atoms with Crippen molar-refractivity contribution in [3.8, 4) is 5.75 Å². The van der Waals surface area contributed by atoms with Crippen LogP contribution in [0.5, 0.6) is 5.75 Å². The van der Waals surface area contributed by atoms with Gasteiger partial charge in [0.2, 0.25) is 17.7 Å². The molecular formula is C38H37N3O5S2. The molecule has 3 amide bonds. The first-order valence-electron chi connectivity index (χ1n) is 16.4. The monoisotopic (exact) mass is 679 g/mol. The second-order valence-electron chi connectivity index (χ2n) is 14.7. The van der Waals surface area contributed by atoms with E-state index in [0.29, 0.717) is 11.4 Å². The second kappa shape index (κ2) is 11.2. The zero-order valence-corrected chi connectivity index (χ0v) is 28.8. The van der Waals surface area contributed by atoms with E-state index in [1.165, 1.54) is 33.9 Å². The first kappa shape index (κ1) is 31.1. The van der Waals surface area contributed by atoms with Crippen LogP contribution in [0.15, 0.2) is 82.6 Å².